The summed E-state index contributed by atoms with van der Waals surface area (Å²) in [6.07, 6.45) is 0.739. The van der Waals surface area contributed by atoms with Gasteiger partial charge in [-0.05, 0) is 37.1 Å². The van der Waals surface area contributed by atoms with E-state index in [-0.39, 0.29) is 30.0 Å². The molecule has 2 N–H and O–H groups in total. The molecule has 0 saturated heterocycles. The van der Waals surface area contributed by atoms with Crippen molar-refractivity contribution in [3.63, 3.8) is 0 Å². The molecule has 0 unspecified atom stereocenters. The molecule has 146 valence electrons. The van der Waals surface area contributed by atoms with E-state index < -0.39 is 0 Å². The highest BCUT2D eigenvalue weighted by molar-refractivity contribution is 5.80. The normalized spacial score (nSPS) is 10.8. The first kappa shape index (κ1) is 19.4. The Kier molecular flexibility index (Phi) is 5.93. The fraction of sp³-hybridized carbons (Fsp3) is 0.286. The van der Waals surface area contributed by atoms with Crippen molar-refractivity contribution in [1.29, 1.82) is 0 Å². The molecule has 0 aliphatic carbocycles. The van der Waals surface area contributed by atoms with Crippen molar-refractivity contribution in [3.8, 4) is 5.75 Å². The van der Waals surface area contributed by atoms with Crippen LogP contribution in [0.25, 0.3) is 10.8 Å². The minimum atomic E-state index is -0.345. The number of nitrogens with zero attached hydrogens (tertiary/aromatic N) is 1. The Morgan fingerprint density at radius 1 is 1.14 bits per heavy atom. The molecule has 0 saturated carbocycles. The molecule has 0 bridgehead atoms. The zero-order valence-electron chi connectivity index (χ0n) is 16.0. The second-order valence-corrected chi connectivity index (χ2v) is 6.61. The van der Waals surface area contributed by atoms with Gasteiger partial charge in [-0.1, -0.05) is 29.8 Å². The van der Waals surface area contributed by atoms with E-state index in [0.717, 1.165) is 16.9 Å². The van der Waals surface area contributed by atoms with Gasteiger partial charge in [0, 0.05) is 13.0 Å². The minimum Gasteiger partial charge on any atom is -0.496 e. The third kappa shape index (κ3) is 4.31. The maximum Gasteiger partial charge on any atom is 0.273 e. The van der Waals surface area contributed by atoms with E-state index in [9.17, 15) is 14.4 Å². The Labute approximate surface area is 161 Å². The molecule has 0 aliphatic rings. The van der Waals surface area contributed by atoms with E-state index in [4.69, 9.17) is 4.74 Å². The summed E-state index contributed by atoms with van der Waals surface area (Å²) in [6.45, 7) is 2.57. The lowest BCUT2D eigenvalue weighted by Crippen LogP contribution is -2.33. The number of hydrogen-bond acceptors (Lipinski definition) is 4. The van der Waals surface area contributed by atoms with Gasteiger partial charge in [0.2, 0.25) is 5.91 Å². The third-order valence-electron chi connectivity index (χ3n) is 4.60. The highest BCUT2D eigenvalue weighted by Gasteiger charge is 2.09. The number of ether oxygens (including phenoxy) is 1. The lowest BCUT2D eigenvalue weighted by molar-refractivity contribution is -0.121. The molecule has 7 heteroatoms. The highest BCUT2D eigenvalue weighted by Crippen LogP contribution is 2.19. The van der Waals surface area contributed by atoms with Gasteiger partial charge in [0.1, 0.15) is 5.75 Å². The van der Waals surface area contributed by atoms with Crippen LogP contribution < -0.4 is 21.2 Å². The fourth-order valence-electron chi connectivity index (χ4n) is 3.15. The average Bonchev–Trinajstić information content (AvgIpc) is 2.70. The SMILES string of the molecule is COc1ccc(C)cc1CCNC(=O)CCn1[nH]c(=O)c2ccccc2c1=O. The number of H-pyrrole nitrogens is 1. The second-order valence-electron chi connectivity index (χ2n) is 6.61. The van der Waals surface area contributed by atoms with Gasteiger partial charge < -0.3 is 10.1 Å². The number of benzene rings is 2. The summed E-state index contributed by atoms with van der Waals surface area (Å²) >= 11 is 0. The van der Waals surface area contributed by atoms with Gasteiger partial charge in [-0.2, -0.15) is 0 Å². The van der Waals surface area contributed by atoms with Crippen molar-refractivity contribution >= 4 is 16.7 Å². The molecule has 0 atom stereocenters. The van der Waals surface area contributed by atoms with E-state index in [0.29, 0.717) is 23.7 Å². The number of carbonyl (C=O) groups is 1. The summed E-state index contributed by atoms with van der Waals surface area (Å²) in [5.41, 5.74) is 1.49. The lowest BCUT2D eigenvalue weighted by atomic mass is 10.1. The van der Waals surface area contributed by atoms with Crippen LogP contribution in [-0.4, -0.2) is 29.3 Å². The van der Waals surface area contributed by atoms with Gasteiger partial charge in [0.25, 0.3) is 11.1 Å². The summed E-state index contributed by atoms with van der Waals surface area (Å²) in [4.78, 5) is 36.7. The van der Waals surface area contributed by atoms with Gasteiger partial charge in [-0.15, -0.1) is 0 Å². The standard InChI is InChI=1S/C21H23N3O4/c1-14-7-8-18(28-2)15(13-14)9-11-22-19(25)10-12-24-21(27)17-6-4-3-5-16(17)20(26)23-24/h3-8,13H,9-12H2,1-2H3,(H,22,25)(H,23,26). The van der Waals surface area contributed by atoms with Crippen LogP contribution in [0, 0.1) is 6.92 Å². The van der Waals surface area contributed by atoms with E-state index >= 15 is 0 Å². The maximum absolute atomic E-state index is 12.4. The molecule has 7 nitrogen and oxygen atoms in total. The van der Waals surface area contributed by atoms with E-state index in [1.54, 1.807) is 31.4 Å². The zero-order chi connectivity index (χ0) is 20.1. The zero-order valence-corrected chi connectivity index (χ0v) is 16.0. The first-order valence-corrected chi connectivity index (χ1v) is 9.11. The molecule has 0 aliphatic heterocycles. The predicted octanol–water partition coefficient (Wildman–Crippen LogP) is 1.76. The molecule has 3 rings (SSSR count). The molecule has 0 radical (unpaired) electrons. The van der Waals surface area contributed by atoms with E-state index in [1.807, 2.05) is 25.1 Å². The monoisotopic (exact) mass is 381 g/mol. The third-order valence-corrected chi connectivity index (χ3v) is 4.60. The summed E-state index contributed by atoms with van der Waals surface area (Å²) < 4.78 is 6.53. The van der Waals surface area contributed by atoms with Gasteiger partial charge >= 0.3 is 0 Å². The number of fused-ring (bicyclic) bond motifs is 1. The van der Waals surface area contributed by atoms with Crippen LogP contribution in [0.2, 0.25) is 0 Å². The van der Waals surface area contributed by atoms with Crippen LogP contribution in [0.1, 0.15) is 17.5 Å². The number of carbonyl (C=O) groups excluding carboxylic acids is 1. The summed E-state index contributed by atoms with van der Waals surface area (Å²) in [5, 5.41) is 6.06. The smallest absolute Gasteiger partial charge is 0.273 e. The van der Waals surface area contributed by atoms with Gasteiger partial charge in [-0.25, -0.2) is 4.68 Å². The largest absolute Gasteiger partial charge is 0.496 e. The molecule has 3 aromatic rings. The number of aryl methyl sites for hydroxylation is 2. The Morgan fingerprint density at radius 3 is 2.64 bits per heavy atom. The van der Waals surface area contributed by atoms with Crippen LogP contribution in [0.3, 0.4) is 0 Å². The average molecular weight is 381 g/mol. The molecular formula is C21H23N3O4. The first-order valence-electron chi connectivity index (χ1n) is 9.11. The number of methoxy groups -OCH3 is 1. The number of amides is 1. The van der Waals surface area contributed by atoms with Crippen molar-refractivity contribution in [2.45, 2.75) is 26.3 Å². The van der Waals surface area contributed by atoms with Gasteiger partial charge in [0.05, 0.1) is 24.4 Å². The van der Waals surface area contributed by atoms with Crippen LogP contribution in [0.15, 0.2) is 52.1 Å². The Morgan fingerprint density at radius 2 is 1.89 bits per heavy atom. The number of rotatable bonds is 7. The van der Waals surface area contributed by atoms with Crippen molar-refractivity contribution in [2.75, 3.05) is 13.7 Å². The summed E-state index contributed by atoms with van der Waals surface area (Å²) in [5.74, 6) is 0.604. The van der Waals surface area contributed by atoms with Crippen molar-refractivity contribution in [1.82, 2.24) is 15.1 Å². The molecule has 0 spiro atoms. The summed E-state index contributed by atoms with van der Waals surface area (Å²) in [6, 6.07) is 12.5. The Hall–Kier alpha value is -3.35. The van der Waals surface area contributed by atoms with Crippen molar-refractivity contribution in [3.05, 3.63) is 74.3 Å². The van der Waals surface area contributed by atoms with Crippen LogP contribution >= 0.6 is 0 Å². The van der Waals surface area contributed by atoms with Crippen LogP contribution in [-0.2, 0) is 17.8 Å². The van der Waals surface area contributed by atoms with Gasteiger partial charge in [0.15, 0.2) is 0 Å². The number of hydrogen-bond donors (Lipinski definition) is 2. The molecule has 2 aromatic carbocycles. The Bertz CT molecular complexity index is 1110. The van der Waals surface area contributed by atoms with E-state index in [1.165, 1.54) is 4.68 Å². The number of nitrogens with one attached hydrogen (secondary N) is 2. The van der Waals surface area contributed by atoms with E-state index in [2.05, 4.69) is 10.4 Å². The lowest BCUT2D eigenvalue weighted by Gasteiger charge is -2.11. The van der Waals surface area contributed by atoms with Gasteiger partial charge in [-0.3, -0.25) is 19.5 Å². The van der Waals surface area contributed by atoms with Crippen LogP contribution in [0.4, 0.5) is 0 Å². The number of aromatic nitrogens is 2. The second kappa shape index (κ2) is 8.56. The molecule has 1 amide bonds. The maximum atomic E-state index is 12.4. The summed E-state index contributed by atoms with van der Waals surface area (Å²) in [7, 11) is 1.62. The topological polar surface area (TPSA) is 93.2 Å². The fourth-order valence-corrected chi connectivity index (χ4v) is 3.15. The molecule has 1 aromatic heterocycles. The molecular weight excluding hydrogens is 358 g/mol. The van der Waals surface area contributed by atoms with Crippen LogP contribution in [0.5, 0.6) is 5.75 Å². The number of aromatic amines is 1. The molecule has 28 heavy (non-hydrogen) atoms. The highest BCUT2D eigenvalue weighted by atomic mass is 16.5. The van der Waals surface area contributed by atoms with Crippen molar-refractivity contribution < 1.29 is 9.53 Å². The Balaban J connectivity index is 1.59. The minimum absolute atomic E-state index is 0.0964. The molecule has 1 heterocycles. The van der Waals surface area contributed by atoms with Crippen molar-refractivity contribution in [2.24, 2.45) is 0 Å². The quantitative estimate of drug-likeness (QED) is 0.652. The predicted molar refractivity (Wildman–Crippen MR) is 108 cm³/mol. The first-order chi connectivity index (χ1) is 13.5. The molecule has 0 fully saturated rings.